The van der Waals surface area contributed by atoms with E-state index in [-0.39, 0.29) is 17.9 Å². The van der Waals surface area contributed by atoms with E-state index in [0.29, 0.717) is 12.0 Å². The molecule has 2 aromatic heterocycles. The molecule has 0 amide bonds. The summed E-state index contributed by atoms with van der Waals surface area (Å²) in [6.45, 7) is -6.39. The van der Waals surface area contributed by atoms with Gasteiger partial charge in [-0.05, 0) is 71.0 Å². The maximum absolute atomic E-state index is 13.1. The van der Waals surface area contributed by atoms with Gasteiger partial charge in [-0.3, -0.25) is 9.97 Å². The number of hydrogen-bond donors (Lipinski definition) is 1. The molecule has 5 nitrogen and oxygen atoms in total. The SMILES string of the molecule is NC1Cc2ccccc2C1c1ccc(C(Cc2ccncc2)c2ccc(OC(F)F)c(OC(F)F)c2)cn1. The van der Waals surface area contributed by atoms with Gasteiger partial charge in [-0.1, -0.05) is 36.4 Å². The minimum atomic E-state index is -3.21. The molecule has 1 aliphatic carbocycles. The van der Waals surface area contributed by atoms with Crippen molar-refractivity contribution >= 4 is 0 Å². The van der Waals surface area contributed by atoms with E-state index in [4.69, 9.17) is 10.7 Å². The van der Waals surface area contributed by atoms with Crippen molar-refractivity contribution < 1.29 is 27.0 Å². The Kier molecular flexibility index (Phi) is 7.55. The zero-order chi connectivity index (χ0) is 26.6. The van der Waals surface area contributed by atoms with Crippen LogP contribution in [0.1, 0.15) is 45.3 Å². The fourth-order valence-corrected chi connectivity index (χ4v) is 5.12. The summed E-state index contributed by atoms with van der Waals surface area (Å²) >= 11 is 0. The number of alkyl halides is 4. The minimum Gasteiger partial charge on any atom is -0.431 e. The second kappa shape index (κ2) is 11.2. The van der Waals surface area contributed by atoms with Gasteiger partial charge >= 0.3 is 13.2 Å². The average Bonchev–Trinajstić information content (AvgIpc) is 3.24. The summed E-state index contributed by atoms with van der Waals surface area (Å²) in [4.78, 5) is 8.81. The van der Waals surface area contributed by atoms with Gasteiger partial charge in [0.1, 0.15) is 0 Å². The summed E-state index contributed by atoms with van der Waals surface area (Å²) in [6, 6.07) is 19.7. The van der Waals surface area contributed by atoms with Crippen molar-refractivity contribution in [2.75, 3.05) is 0 Å². The number of halogens is 4. The van der Waals surface area contributed by atoms with Crippen LogP contribution in [0.25, 0.3) is 0 Å². The van der Waals surface area contributed by atoms with Crippen molar-refractivity contribution in [2.24, 2.45) is 5.73 Å². The number of pyridine rings is 2. The van der Waals surface area contributed by atoms with Crippen molar-refractivity contribution in [1.29, 1.82) is 0 Å². The second-order valence-electron chi connectivity index (χ2n) is 9.14. The van der Waals surface area contributed by atoms with Gasteiger partial charge < -0.3 is 15.2 Å². The number of nitrogens with zero attached hydrogens (tertiary/aromatic N) is 2. The van der Waals surface area contributed by atoms with Crippen LogP contribution in [0.2, 0.25) is 0 Å². The quantitative estimate of drug-likeness (QED) is 0.270. The third kappa shape index (κ3) is 5.62. The highest BCUT2D eigenvalue weighted by Crippen LogP contribution is 2.39. The Bertz CT molecular complexity index is 1370. The summed E-state index contributed by atoms with van der Waals surface area (Å²) in [5.41, 5.74) is 12.0. The number of rotatable bonds is 9. The monoisotopic (exact) mass is 523 g/mol. The lowest BCUT2D eigenvalue weighted by atomic mass is 9.86. The van der Waals surface area contributed by atoms with Crippen LogP contribution in [0.15, 0.2) is 85.3 Å². The van der Waals surface area contributed by atoms with Crippen molar-refractivity contribution in [3.63, 3.8) is 0 Å². The highest BCUT2D eigenvalue weighted by atomic mass is 19.3. The van der Waals surface area contributed by atoms with Gasteiger partial charge in [0.2, 0.25) is 0 Å². The second-order valence-corrected chi connectivity index (χ2v) is 9.14. The summed E-state index contributed by atoms with van der Waals surface area (Å²) in [6.07, 6.45) is 6.34. The lowest BCUT2D eigenvalue weighted by Crippen LogP contribution is -2.26. The molecule has 4 aromatic rings. The first-order valence-electron chi connectivity index (χ1n) is 12.1. The standard InChI is InChI=1S/C29H25F4N3O2/c30-28(31)37-25-8-6-19(15-26(25)38-29(32)33)22(13-17-9-11-35-12-10-17)20-5-7-24(36-16-20)27-21-4-2-1-3-18(21)14-23(27)34/h1-12,15-16,22-23,27-29H,13-14,34H2. The maximum Gasteiger partial charge on any atom is 0.387 e. The molecule has 0 fully saturated rings. The zero-order valence-electron chi connectivity index (χ0n) is 20.2. The molecule has 0 aliphatic heterocycles. The van der Waals surface area contributed by atoms with Gasteiger partial charge in [0.25, 0.3) is 0 Å². The van der Waals surface area contributed by atoms with Crippen LogP contribution in [0.3, 0.4) is 0 Å². The van der Waals surface area contributed by atoms with E-state index in [2.05, 4.69) is 26.6 Å². The number of nitrogens with two attached hydrogens (primary N) is 1. The average molecular weight is 524 g/mol. The molecular weight excluding hydrogens is 498 g/mol. The van der Waals surface area contributed by atoms with Crippen molar-refractivity contribution in [3.05, 3.63) is 119 Å². The number of benzene rings is 2. The Morgan fingerprint density at radius 3 is 2.26 bits per heavy atom. The summed E-state index contributed by atoms with van der Waals surface area (Å²) in [7, 11) is 0. The van der Waals surface area contributed by atoms with E-state index in [0.717, 1.165) is 28.8 Å². The molecule has 5 rings (SSSR count). The van der Waals surface area contributed by atoms with E-state index in [1.165, 1.54) is 17.7 Å². The van der Waals surface area contributed by atoms with Crippen LogP contribution in [-0.2, 0) is 12.8 Å². The van der Waals surface area contributed by atoms with Crippen molar-refractivity contribution in [3.8, 4) is 11.5 Å². The lowest BCUT2D eigenvalue weighted by Gasteiger charge is -2.22. The van der Waals surface area contributed by atoms with E-state index in [1.54, 1.807) is 24.7 Å². The Hall–Kier alpha value is -3.98. The Morgan fingerprint density at radius 1 is 0.842 bits per heavy atom. The normalized spacial score (nSPS) is 17.4. The van der Waals surface area contributed by atoms with Gasteiger partial charge in [0.15, 0.2) is 11.5 Å². The summed E-state index contributed by atoms with van der Waals surface area (Å²) in [5.74, 6) is -1.30. The van der Waals surface area contributed by atoms with E-state index in [1.807, 2.05) is 36.4 Å². The molecule has 2 N–H and O–H groups in total. The van der Waals surface area contributed by atoms with Crippen LogP contribution in [0, 0.1) is 0 Å². The first kappa shape index (κ1) is 25.7. The zero-order valence-corrected chi connectivity index (χ0v) is 20.2. The van der Waals surface area contributed by atoms with E-state index < -0.39 is 24.7 Å². The molecule has 2 aromatic carbocycles. The number of fused-ring (bicyclic) bond motifs is 1. The topological polar surface area (TPSA) is 70.3 Å². The van der Waals surface area contributed by atoms with Crippen LogP contribution in [0.5, 0.6) is 11.5 Å². The molecule has 0 bridgehead atoms. The van der Waals surface area contributed by atoms with Crippen molar-refractivity contribution in [1.82, 2.24) is 9.97 Å². The van der Waals surface area contributed by atoms with Crippen molar-refractivity contribution in [2.45, 2.75) is 43.9 Å². The van der Waals surface area contributed by atoms with Gasteiger partial charge in [-0.25, -0.2) is 0 Å². The first-order chi connectivity index (χ1) is 18.4. The van der Waals surface area contributed by atoms with E-state index >= 15 is 0 Å². The van der Waals surface area contributed by atoms with Gasteiger partial charge in [0, 0.05) is 42.2 Å². The molecule has 0 saturated carbocycles. The number of ether oxygens (including phenoxy) is 2. The molecule has 0 saturated heterocycles. The fourth-order valence-electron chi connectivity index (χ4n) is 5.12. The number of aromatic nitrogens is 2. The predicted octanol–water partition coefficient (Wildman–Crippen LogP) is 6.07. The third-order valence-corrected chi connectivity index (χ3v) is 6.80. The smallest absolute Gasteiger partial charge is 0.387 e. The molecule has 9 heteroatoms. The molecule has 3 unspecified atom stereocenters. The summed E-state index contributed by atoms with van der Waals surface area (Å²) in [5, 5.41) is 0. The number of hydrogen-bond acceptors (Lipinski definition) is 5. The molecule has 196 valence electrons. The van der Waals surface area contributed by atoms with Gasteiger partial charge in [0.05, 0.1) is 0 Å². The molecule has 0 radical (unpaired) electrons. The lowest BCUT2D eigenvalue weighted by molar-refractivity contribution is -0.0692. The van der Waals surface area contributed by atoms with Gasteiger partial charge in [-0.2, -0.15) is 17.6 Å². The van der Waals surface area contributed by atoms with Gasteiger partial charge in [-0.15, -0.1) is 0 Å². The highest BCUT2D eigenvalue weighted by molar-refractivity contribution is 5.48. The maximum atomic E-state index is 13.1. The predicted molar refractivity (Wildman–Crippen MR) is 134 cm³/mol. The third-order valence-electron chi connectivity index (χ3n) is 6.80. The molecular formula is C29H25F4N3O2. The molecule has 38 heavy (non-hydrogen) atoms. The van der Waals surface area contributed by atoms with Crippen LogP contribution >= 0.6 is 0 Å². The van der Waals surface area contributed by atoms with Crippen LogP contribution in [0.4, 0.5) is 17.6 Å². The Balaban J connectivity index is 1.51. The fraction of sp³-hybridized carbons (Fsp3) is 0.241. The summed E-state index contributed by atoms with van der Waals surface area (Å²) < 4.78 is 60.8. The Labute approximate surface area is 217 Å². The molecule has 0 spiro atoms. The molecule has 2 heterocycles. The highest BCUT2D eigenvalue weighted by Gasteiger charge is 2.32. The Morgan fingerprint density at radius 2 is 1.55 bits per heavy atom. The largest absolute Gasteiger partial charge is 0.431 e. The van der Waals surface area contributed by atoms with Crippen LogP contribution in [-0.4, -0.2) is 29.2 Å². The molecule has 1 aliphatic rings. The molecule has 3 atom stereocenters. The first-order valence-corrected chi connectivity index (χ1v) is 12.1. The van der Waals surface area contributed by atoms with Crippen LogP contribution < -0.4 is 15.2 Å². The van der Waals surface area contributed by atoms with E-state index in [9.17, 15) is 17.6 Å². The minimum absolute atomic E-state index is 0.0317.